The summed E-state index contributed by atoms with van der Waals surface area (Å²) in [6, 6.07) is 5.30. The number of nitrogens with two attached hydrogens (primary N) is 1. The highest BCUT2D eigenvalue weighted by atomic mass is 19.1. The molecular weight excluding hydrogens is 260 g/mol. The van der Waals surface area contributed by atoms with Crippen molar-refractivity contribution in [2.45, 2.75) is 32.2 Å². The van der Waals surface area contributed by atoms with E-state index in [4.69, 9.17) is 5.73 Å². The van der Waals surface area contributed by atoms with Gasteiger partial charge >= 0.3 is 0 Å². The van der Waals surface area contributed by atoms with Gasteiger partial charge in [0, 0.05) is 36.8 Å². The van der Waals surface area contributed by atoms with E-state index in [0.29, 0.717) is 24.2 Å². The lowest BCUT2D eigenvalue weighted by atomic mass is 10.1. The molecule has 2 aromatic rings. The Labute approximate surface area is 116 Å². The molecule has 0 bridgehead atoms. The molecule has 0 aliphatic heterocycles. The number of halogens is 2. The summed E-state index contributed by atoms with van der Waals surface area (Å²) in [5, 5.41) is 0. The van der Waals surface area contributed by atoms with E-state index < -0.39 is 11.6 Å². The normalized spacial score (nSPS) is 12.4. The Balaban J connectivity index is 2.15. The predicted molar refractivity (Wildman–Crippen MR) is 73.2 cm³/mol. The molecule has 0 aliphatic rings. The van der Waals surface area contributed by atoms with Gasteiger partial charge in [0.2, 0.25) is 0 Å². The topological polar surface area (TPSA) is 51.8 Å². The second kappa shape index (κ2) is 6.52. The van der Waals surface area contributed by atoms with Gasteiger partial charge in [0.1, 0.15) is 17.5 Å². The van der Waals surface area contributed by atoms with E-state index in [0.717, 1.165) is 18.2 Å². The molecule has 3 nitrogen and oxygen atoms in total. The third-order valence-corrected chi connectivity index (χ3v) is 3.04. The molecule has 1 unspecified atom stereocenters. The summed E-state index contributed by atoms with van der Waals surface area (Å²) in [6.45, 7) is 2.02. The summed E-state index contributed by atoms with van der Waals surface area (Å²) >= 11 is 0. The van der Waals surface area contributed by atoms with Crippen LogP contribution in [0.2, 0.25) is 0 Å². The molecule has 0 spiro atoms. The van der Waals surface area contributed by atoms with Crippen molar-refractivity contribution in [3.8, 4) is 0 Å². The second-order valence-corrected chi connectivity index (χ2v) is 4.79. The van der Waals surface area contributed by atoms with Crippen LogP contribution in [0, 0.1) is 11.6 Å². The van der Waals surface area contributed by atoms with Crippen LogP contribution in [-0.4, -0.2) is 16.0 Å². The van der Waals surface area contributed by atoms with Gasteiger partial charge in [-0.2, -0.15) is 0 Å². The number of hydrogen-bond acceptors (Lipinski definition) is 3. The van der Waals surface area contributed by atoms with Crippen molar-refractivity contribution >= 4 is 0 Å². The zero-order chi connectivity index (χ0) is 14.5. The maximum atomic E-state index is 13.1. The second-order valence-electron chi connectivity index (χ2n) is 4.79. The Hall–Kier alpha value is -1.88. The van der Waals surface area contributed by atoms with Crippen LogP contribution in [0.4, 0.5) is 8.78 Å². The fourth-order valence-corrected chi connectivity index (χ4v) is 1.95. The first-order chi connectivity index (χ1) is 9.56. The first-order valence-electron chi connectivity index (χ1n) is 6.58. The zero-order valence-electron chi connectivity index (χ0n) is 11.3. The smallest absolute Gasteiger partial charge is 0.132 e. The highest BCUT2D eigenvalue weighted by Gasteiger charge is 2.07. The quantitative estimate of drug-likeness (QED) is 0.914. The summed E-state index contributed by atoms with van der Waals surface area (Å²) in [5.74, 6) is -0.649. The van der Waals surface area contributed by atoms with E-state index in [1.54, 1.807) is 6.20 Å². The molecule has 20 heavy (non-hydrogen) atoms. The lowest BCUT2D eigenvalue weighted by Crippen LogP contribution is -2.22. The largest absolute Gasteiger partial charge is 0.327 e. The van der Waals surface area contributed by atoms with Gasteiger partial charge in [0.15, 0.2) is 0 Å². The molecule has 0 fully saturated rings. The third kappa shape index (κ3) is 4.06. The summed E-state index contributed by atoms with van der Waals surface area (Å²) in [5.41, 5.74) is 7.25. The molecule has 106 valence electrons. The average molecular weight is 277 g/mol. The van der Waals surface area contributed by atoms with Crippen LogP contribution in [0.5, 0.6) is 0 Å². The van der Waals surface area contributed by atoms with Crippen LogP contribution in [0.3, 0.4) is 0 Å². The number of nitrogens with zero attached hydrogens (tertiary/aromatic N) is 2. The summed E-state index contributed by atoms with van der Waals surface area (Å²) in [6.07, 6.45) is 3.48. The van der Waals surface area contributed by atoms with E-state index in [-0.39, 0.29) is 6.04 Å². The molecule has 0 amide bonds. The molecular formula is C15H17F2N3. The Morgan fingerprint density at radius 1 is 1.20 bits per heavy atom. The van der Waals surface area contributed by atoms with Gasteiger partial charge < -0.3 is 5.73 Å². The van der Waals surface area contributed by atoms with Crippen molar-refractivity contribution in [3.05, 3.63) is 59.2 Å². The number of aromatic nitrogens is 2. The minimum absolute atomic E-state index is 0.0596. The van der Waals surface area contributed by atoms with E-state index in [1.165, 1.54) is 12.1 Å². The number of benzene rings is 1. The third-order valence-electron chi connectivity index (χ3n) is 3.04. The minimum atomic E-state index is -0.593. The van der Waals surface area contributed by atoms with Gasteiger partial charge in [-0.3, -0.25) is 0 Å². The van der Waals surface area contributed by atoms with Crippen LogP contribution in [-0.2, 0) is 12.8 Å². The fraction of sp³-hybridized carbons (Fsp3) is 0.333. The average Bonchev–Trinajstić information content (AvgIpc) is 2.37. The van der Waals surface area contributed by atoms with Crippen molar-refractivity contribution in [1.29, 1.82) is 0 Å². The summed E-state index contributed by atoms with van der Waals surface area (Å²) < 4.78 is 26.3. The molecule has 5 heteroatoms. The first kappa shape index (κ1) is 14.5. The molecule has 0 saturated carbocycles. The van der Waals surface area contributed by atoms with Crippen molar-refractivity contribution in [1.82, 2.24) is 9.97 Å². The van der Waals surface area contributed by atoms with Crippen LogP contribution >= 0.6 is 0 Å². The number of rotatable bonds is 5. The summed E-state index contributed by atoms with van der Waals surface area (Å²) in [4.78, 5) is 8.51. The van der Waals surface area contributed by atoms with Crippen molar-refractivity contribution in [3.63, 3.8) is 0 Å². The van der Waals surface area contributed by atoms with Crippen LogP contribution in [0.25, 0.3) is 0 Å². The minimum Gasteiger partial charge on any atom is -0.327 e. The first-order valence-corrected chi connectivity index (χ1v) is 6.58. The van der Waals surface area contributed by atoms with Crippen LogP contribution in [0.1, 0.15) is 30.4 Å². The molecule has 2 N–H and O–H groups in total. The molecule has 1 aromatic carbocycles. The van der Waals surface area contributed by atoms with E-state index in [2.05, 4.69) is 9.97 Å². The van der Waals surface area contributed by atoms with E-state index >= 15 is 0 Å². The molecule has 2 rings (SSSR count). The van der Waals surface area contributed by atoms with Gasteiger partial charge in [0.05, 0.1) is 0 Å². The monoisotopic (exact) mass is 277 g/mol. The molecule has 1 heterocycles. The maximum absolute atomic E-state index is 13.1. The van der Waals surface area contributed by atoms with Gasteiger partial charge in [-0.1, -0.05) is 6.92 Å². The molecule has 1 aromatic heterocycles. The van der Waals surface area contributed by atoms with Gasteiger partial charge in [-0.25, -0.2) is 18.7 Å². The molecule has 0 saturated heterocycles. The Kier molecular flexibility index (Phi) is 4.74. The van der Waals surface area contributed by atoms with Crippen LogP contribution < -0.4 is 5.73 Å². The highest BCUT2D eigenvalue weighted by molar-refractivity contribution is 5.21. The van der Waals surface area contributed by atoms with Crippen LogP contribution in [0.15, 0.2) is 30.5 Å². The van der Waals surface area contributed by atoms with Gasteiger partial charge in [0.25, 0.3) is 0 Å². The Morgan fingerprint density at radius 3 is 2.55 bits per heavy atom. The fourth-order valence-electron chi connectivity index (χ4n) is 1.95. The lowest BCUT2D eigenvalue weighted by Gasteiger charge is -2.08. The SMILES string of the molecule is CCC(N)Cc1ccnc(Cc2cc(F)cc(F)c2)n1. The number of hydrogen-bond donors (Lipinski definition) is 1. The summed E-state index contributed by atoms with van der Waals surface area (Å²) in [7, 11) is 0. The van der Waals surface area contributed by atoms with E-state index in [9.17, 15) is 8.78 Å². The maximum Gasteiger partial charge on any atom is 0.132 e. The Bertz CT molecular complexity index is 567. The van der Waals surface area contributed by atoms with Gasteiger partial charge in [-0.15, -0.1) is 0 Å². The Morgan fingerprint density at radius 2 is 1.90 bits per heavy atom. The standard InChI is InChI=1S/C15H17F2N3/c1-2-13(18)9-14-3-4-19-15(20-14)7-10-5-11(16)8-12(17)6-10/h3-6,8,13H,2,7,9,18H2,1H3. The molecule has 0 radical (unpaired) electrons. The van der Waals surface area contributed by atoms with Crippen molar-refractivity contribution < 1.29 is 8.78 Å². The zero-order valence-corrected chi connectivity index (χ0v) is 11.3. The van der Waals surface area contributed by atoms with Crippen molar-refractivity contribution in [2.24, 2.45) is 5.73 Å². The van der Waals surface area contributed by atoms with Crippen molar-refractivity contribution in [2.75, 3.05) is 0 Å². The highest BCUT2D eigenvalue weighted by Crippen LogP contribution is 2.11. The molecule has 0 aliphatic carbocycles. The van der Waals surface area contributed by atoms with E-state index in [1.807, 2.05) is 13.0 Å². The lowest BCUT2D eigenvalue weighted by molar-refractivity contribution is 0.580. The predicted octanol–water partition coefficient (Wildman–Crippen LogP) is 2.63. The van der Waals surface area contributed by atoms with Gasteiger partial charge in [-0.05, 0) is 30.2 Å². The molecule has 1 atom stereocenters.